The van der Waals surface area contributed by atoms with Crippen molar-refractivity contribution < 1.29 is 9.50 Å². The first kappa shape index (κ1) is 11.3. The molecule has 0 aliphatic rings. The van der Waals surface area contributed by atoms with Gasteiger partial charge in [0.2, 0.25) is 0 Å². The molecule has 0 radical (unpaired) electrons. The maximum atomic E-state index is 13.1. The molecule has 0 spiro atoms. The highest BCUT2D eigenvalue weighted by atomic mass is 79.9. The van der Waals surface area contributed by atoms with Gasteiger partial charge >= 0.3 is 0 Å². The molecule has 84 valence electrons. The van der Waals surface area contributed by atoms with Gasteiger partial charge in [-0.3, -0.25) is 0 Å². The number of aromatic nitrogens is 2. The fourth-order valence-corrected chi connectivity index (χ4v) is 1.97. The Labute approximate surface area is 101 Å². The molecule has 1 unspecified atom stereocenters. The van der Waals surface area contributed by atoms with Gasteiger partial charge in [-0.1, -0.05) is 15.9 Å². The minimum atomic E-state index is -0.940. The first-order valence-electron chi connectivity index (χ1n) is 4.70. The van der Waals surface area contributed by atoms with Crippen LogP contribution in [-0.2, 0) is 7.05 Å². The van der Waals surface area contributed by atoms with Crippen molar-refractivity contribution in [2.45, 2.75) is 6.10 Å². The van der Waals surface area contributed by atoms with E-state index in [2.05, 4.69) is 20.9 Å². The van der Waals surface area contributed by atoms with Crippen LogP contribution in [0.25, 0.3) is 0 Å². The lowest BCUT2D eigenvalue weighted by Crippen LogP contribution is -2.07. The Hall–Kier alpha value is -1.20. The van der Waals surface area contributed by atoms with Crippen LogP contribution < -0.4 is 0 Å². The number of aryl methyl sites for hydroxylation is 1. The van der Waals surface area contributed by atoms with Crippen molar-refractivity contribution >= 4 is 15.9 Å². The van der Waals surface area contributed by atoms with Crippen molar-refractivity contribution in [3.05, 3.63) is 52.3 Å². The number of halogens is 2. The van der Waals surface area contributed by atoms with Crippen molar-refractivity contribution in [1.82, 2.24) is 9.55 Å². The number of benzene rings is 1. The second-order valence-electron chi connectivity index (χ2n) is 3.46. The van der Waals surface area contributed by atoms with E-state index in [0.29, 0.717) is 15.9 Å². The largest absolute Gasteiger partial charge is 0.380 e. The van der Waals surface area contributed by atoms with E-state index in [1.54, 1.807) is 30.1 Å². The number of aliphatic hydroxyl groups is 1. The van der Waals surface area contributed by atoms with Crippen molar-refractivity contribution in [3.63, 3.8) is 0 Å². The number of aliphatic hydroxyl groups excluding tert-OH is 1. The van der Waals surface area contributed by atoms with Crippen LogP contribution in [0, 0.1) is 5.82 Å². The maximum absolute atomic E-state index is 13.1. The van der Waals surface area contributed by atoms with Crippen LogP contribution in [-0.4, -0.2) is 14.7 Å². The van der Waals surface area contributed by atoms with Crippen LogP contribution in [0.2, 0.25) is 0 Å². The molecule has 1 aromatic heterocycles. The molecular weight excluding hydrogens is 275 g/mol. The SMILES string of the molecule is Cn1ccnc1C(O)c1cc(F)ccc1Br. The number of imidazole rings is 1. The summed E-state index contributed by atoms with van der Waals surface area (Å²) in [6.45, 7) is 0. The van der Waals surface area contributed by atoms with Crippen molar-refractivity contribution in [3.8, 4) is 0 Å². The third-order valence-corrected chi connectivity index (χ3v) is 3.08. The highest BCUT2D eigenvalue weighted by Gasteiger charge is 2.18. The van der Waals surface area contributed by atoms with Crippen molar-refractivity contribution in [2.75, 3.05) is 0 Å². The smallest absolute Gasteiger partial charge is 0.142 e. The summed E-state index contributed by atoms with van der Waals surface area (Å²) in [6, 6.07) is 4.19. The summed E-state index contributed by atoms with van der Waals surface area (Å²) in [5, 5.41) is 10.1. The average Bonchev–Trinajstić information content (AvgIpc) is 2.67. The molecule has 2 rings (SSSR count). The minimum Gasteiger partial charge on any atom is -0.380 e. The van der Waals surface area contributed by atoms with Crippen LogP contribution in [0.1, 0.15) is 17.5 Å². The van der Waals surface area contributed by atoms with Crippen LogP contribution >= 0.6 is 15.9 Å². The van der Waals surface area contributed by atoms with Gasteiger partial charge < -0.3 is 9.67 Å². The predicted molar refractivity (Wildman–Crippen MR) is 61.4 cm³/mol. The molecule has 0 amide bonds. The van der Waals surface area contributed by atoms with Gasteiger partial charge in [0.25, 0.3) is 0 Å². The van der Waals surface area contributed by atoms with E-state index in [1.807, 2.05) is 0 Å². The number of hydrogen-bond donors (Lipinski definition) is 1. The summed E-state index contributed by atoms with van der Waals surface area (Å²) in [5.74, 6) is 0.0951. The van der Waals surface area contributed by atoms with E-state index < -0.39 is 6.10 Å². The predicted octanol–water partition coefficient (Wildman–Crippen LogP) is 2.40. The molecule has 1 N–H and O–H groups in total. The lowest BCUT2D eigenvalue weighted by molar-refractivity contribution is 0.205. The molecule has 5 heteroatoms. The molecule has 1 aromatic carbocycles. The lowest BCUT2D eigenvalue weighted by Gasteiger charge is -2.12. The number of rotatable bonds is 2. The summed E-state index contributed by atoms with van der Waals surface area (Å²) in [5.41, 5.74) is 0.467. The van der Waals surface area contributed by atoms with Crippen LogP contribution in [0.5, 0.6) is 0 Å². The summed E-state index contributed by atoms with van der Waals surface area (Å²) in [6.07, 6.45) is 2.38. The normalized spacial score (nSPS) is 12.8. The number of nitrogens with zero attached hydrogens (tertiary/aromatic N) is 2. The minimum absolute atomic E-state index is 0.383. The summed E-state index contributed by atoms with van der Waals surface area (Å²) in [7, 11) is 1.78. The maximum Gasteiger partial charge on any atom is 0.142 e. The molecular formula is C11H10BrFN2O. The van der Waals surface area contributed by atoms with Gasteiger partial charge in [-0.2, -0.15) is 0 Å². The zero-order chi connectivity index (χ0) is 11.7. The molecule has 2 aromatic rings. The third kappa shape index (κ3) is 2.01. The van der Waals surface area contributed by atoms with Crippen LogP contribution in [0.15, 0.2) is 35.1 Å². The molecule has 0 aliphatic carbocycles. The highest BCUT2D eigenvalue weighted by molar-refractivity contribution is 9.10. The zero-order valence-electron chi connectivity index (χ0n) is 8.56. The Bertz CT molecular complexity index is 512. The Morgan fingerprint density at radius 2 is 2.25 bits per heavy atom. The fraction of sp³-hybridized carbons (Fsp3) is 0.182. The second-order valence-corrected chi connectivity index (χ2v) is 4.32. The van der Waals surface area contributed by atoms with Gasteiger partial charge in [-0.25, -0.2) is 9.37 Å². The van der Waals surface area contributed by atoms with Gasteiger partial charge in [-0.15, -0.1) is 0 Å². The first-order valence-corrected chi connectivity index (χ1v) is 5.49. The Kier molecular flexibility index (Phi) is 3.07. The monoisotopic (exact) mass is 284 g/mol. The van der Waals surface area contributed by atoms with Gasteiger partial charge in [0.1, 0.15) is 17.7 Å². The Morgan fingerprint density at radius 1 is 1.50 bits per heavy atom. The Balaban J connectivity index is 2.45. The van der Waals surface area contributed by atoms with Gasteiger partial charge in [0.15, 0.2) is 0 Å². The molecule has 3 nitrogen and oxygen atoms in total. The van der Waals surface area contributed by atoms with Crippen LogP contribution in [0.4, 0.5) is 4.39 Å². The fourth-order valence-electron chi connectivity index (χ4n) is 1.50. The summed E-state index contributed by atoms with van der Waals surface area (Å²) >= 11 is 3.28. The molecule has 1 heterocycles. The quantitative estimate of drug-likeness (QED) is 0.920. The summed E-state index contributed by atoms with van der Waals surface area (Å²) in [4.78, 5) is 4.03. The van der Waals surface area contributed by atoms with E-state index in [1.165, 1.54) is 12.1 Å². The van der Waals surface area contributed by atoms with E-state index >= 15 is 0 Å². The summed E-state index contributed by atoms with van der Waals surface area (Å²) < 4.78 is 15.4. The average molecular weight is 285 g/mol. The van der Waals surface area contributed by atoms with Crippen LogP contribution in [0.3, 0.4) is 0 Å². The molecule has 1 atom stereocenters. The number of hydrogen-bond acceptors (Lipinski definition) is 2. The molecule has 16 heavy (non-hydrogen) atoms. The van der Waals surface area contributed by atoms with E-state index in [0.717, 1.165) is 0 Å². The van der Waals surface area contributed by atoms with Gasteiger partial charge in [0, 0.05) is 29.5 Å². The molecule has 0 bridgehead atoms. The molecule has 0 aliphatic heterocycles. The van der Waals surface area contributed by atoms with E-state index in [4.69, 9.17) is 0 Å². The molecule has 0 saturated heterocycles. The molecule has 0 saturated carbocycles. The second kappa shape index (κ2) is 4.35. The van der Waals surface area contributed by atoms with E-state index in [9.17, 15) is 9.50 Å². The van der Waals surface area contributed by atoms with E-state index in [-0.39, 0.29) is 5.82 Å². The lowest BCUT2D eigenvalue weighted by atomic mass is 10.1. The molecule has 0 fully saturated rings. The standard InChI is InChI=1S/C11H10BrFN2O/c1-15-5-4-14-11(15)10(16)8-6-7(13)2-3-9(8)12/h2-6,10,16H,1H3. The Morgan fingerprint density at radius 3 is 2.88 bits per heavy atom. The highest BCUT2D eigenvalue weighted by Crippen LogP contribution is 2.28. The van der Waals surface area contributed by atoms with Crippen molar-refractivity contribution in [1.29, 1.82) is 0 Å². The van der Waals surface area contributed by atoms with Gasteiger partial charge in [0.05, 0.1) is 0 Å². The van der Waals surface area contributed by atoms with Crippen molar-refractivity contribution in [2.24, 2.45) is 7.05 Å². The topological polar surface area (TPSA) is 38.0 Å². The van der Waals surface area contributed by atoms with Gasteiger partial charge in [-0.05, 0) is 18.2 Å². The zero-order valence-corrected chi connectivity index (χ0v) is 10.1. The first-order chi connectivity index (χ1) is 7.59. The third-order valence-electron chi connectivity index (χ3n) is 2.36.